The molecule has 1 saturated heterocycles. The van der Waals surface area contributed by atoms with E-state index < -0.39 is 0 Å². The topological polar surface area (TPSA) is 114 Å². The zero-order valence-corrected chi connectivity index (χ0v) is 26.0. The molecule has 1 N–H and O–H groups in total. The number of pyridine rings is 1. The van der Waals surface area contributed by atoms with Crippen molar-refractivity contribution in [3.8, 4) is 17.2 Å². The van der Waals surface area contributed by atoms with Crippen LogP contribution in [0.4, 0.5) is 17.3 Å². The number of piperazine rings is 1. The van der Waals surface area contributed by atoms with Crippen LogP contribution in [0.25, 0.3) is 22.1 Å². The number of rotatable bonds is 8. The fourth-order valence-electron chi connectivity index (χ4n) is 6.06. The molecule has 12 nitrogen and oxygen atoms in total. The number of anilines is 3. The summed E-state index contributed by atoms with van der Waals surface area (Å²) < 4.78 is 14.4. The fraction of sp³-hybridized carbons (Fsp3) is 0.364. The van der Waals surface area contributed by atoms with E-state index >= 15 is 0 Å². The van der Waals surface area contributed by atoms with Gasteiger partial charge in [0.25, 0.3) is 0 Å². The van der Waals surface area contributed by atoms with Gasteiger partial charge in [0.2, 0.25) is 5.91 Å². The van der Waals surface area contributed by atoms with E-state index in [2.05, 4.69) is 30.1 Å². The van der Waals surface area contributed by atoms with E-state index in [1.165, 1.54) is 6.33 Å². The SMILES string of the molecule is Cc1cc(Nc2ncnc3cc4c(nc23)N2CCN(C(=O)CCCN(C)C)C(CO4)C2)ccc1Oc1ccc2c(c1)ncn2C. The van der Waals surface area contributed by atoms with E-state index in [1.807, 2.05) is 80.0 Å². The Morgan fingerprint density at radius 2 is 1.98 bits per heavy atom. The van der Waals surface area contributed by atoms with E-state index in [1.54, 1.807) is 6.33 Å². The maximum Gasteiger partial charge on any atom is 0.223 e. The number of hydrogen-bond donors (Lipinski definition) is 1. The van der Waals surface area contributed by atoms with Gasteiger partial charge in [0.15, 0.2) is 17.4 Å². The zero-order chi connectivity index (χ0) is 31.1. The molecule has 3 aromatic heterocycles. The van der Waals surface area contributed by atoms with Crippen LogP contribution in [0, 0.1) is 6.92 Å². The molecule has 232 valence electrons. The number of nitrogens with one attached hydrogen (secondary N) is 1. The van der Waals surface area contributed by atoms with Crippen LogP contribution in [-0.2, 0) is 11.8 Å². The maximum atomic E-state index is 13.0. The van der Waals surface area contributed by atoms with Crippen LogP contribution in [-0.4, -0.2) is 93.1 Å². The van der Waals surface area contributed by atoms with Gasteiger partial charge in [-0.2, -0.15) is 0 Å². The highest BCUT2D eigenvalue weighted by atomic mass is 16.5. The van der Waals surface area contributed by atoms with E-state index in [4.69, 9.17) is 14.5 Å². The second kappa shape index (κ2) is 11.8. The molecule has 0 radical (unpaired) electrons. The number of aromatic nitrogens is 5. The van der Waals surface area contributed by atoms with E-state index in [9.17, 15) is 4.79 Å². The van der Waals surface area contributed by atoms with Gasteiger partial charge in [-0.1, -0.05) is 0 Å². The molecule has 12 heteroatoms. The average molecular weight is 608 g/mol. The molecular formula is C33H37N9O3. The minimum Gasteiger partial charge on any atom is -0.487 e. The number of amides is 1. The fourth-order valence-corrected chi connectivity index (χ4v) is 6.06. The second-order valence-electron chi connectivity index (χ2n) is 12.0. The van der Waals surface area contributed by atoms with Gasteiger partial charge >= 0.3 is 0 Å². The van der Waals surface area contributed by atoms with Crippen LogP contribution >= 0.6 is 0 Å². The lowest BCUT2D eigenvalue weighted by molar-refractivity contribution is -0.134. The molecule has 1 amide bonds. The van der Waals surface area contributed by atoms with Crippen LogP contribution < -0.4 is 19.7 Å². The Hall–Kier alpha value is -4.97. The Morgan fingerprint density at radius 1 is 1.09 bits per heavy atom. The second-order valence-corrected chi connectivity index (χ2v) is 12.0. The van der Waals surface area contributed by atoms with Crippen molar-refractivity contribution < 1.29 is 14.3 Å². The zero-order valence-electron chi connectivity index (χ0n) is 26.0. The third-order valence-corrected chi connectivity index (χ3v) is 8.45. The Labute approximate surface area is 261 Å². The number of ether oxygens (including phenoxy) is 2. The largest absolute Gasteiger partial charge is 0.487 e. The molecule has 2 aliphatic rings. The first-order valence-electron chi connectivity index (χ1n) is 15.3. The summed E-state index contributed by atoms with van der Waals surface area (Å²) in [6.07, 6.45) is 4.71. The number of carbonyl (C=O) groups is 1. The summed E-state index contributed by atoms with van der Waals surface area (Å²) in [4.78, 5) is 37.8. The average Bonchev–Trinajstić information content (AvgIpc) is 3.33. The lowest BCUT2D eigenvalue weighted by Gasteiger charge is -2.39. The smallest absolute Gasteiger partial charge is 0.223 e. The van der Waals surface area contributed by atoms with Gasteiger partial charge in [-0.15, -0.1) is 0 Å². The van der Waals surface area contributed by atoms with Gasteiger partial charge in [0.1, 0.15) is 29.9 Å². The van der Waals surface area contributed by atoms with Crippen LogP contribution in [0.3, 0.4) is 0 Å². The summed E-state index contributed by atoms with van der Waals surface area (Å²) in [6.45, 7) is 5.34. The molecule has 5 heterocycles. The standard InChI is InChI=1S/C33H37N9O3/c1-21-14-22(7-10-28(21)45-24-8-9-27-25(15-24)36-20-40(27)4)37-32-31-26(34-19-35-32)16-29-33(38-31)41-12-13-42(23(17-41)18-44-29)30(43)6-5-11-39(2)3/h7-10,14-16,19-20,23H,5-6,11-13,17-18H2,1-4H3,(H,34,35,37). The molecule has 0 spiro atoms. The third-order valence-electron chi connectivity index (χ3n) is 8.45. The lowest BCUT2D eigenvalue weighted by Crippen LogP contribution is -2.56. The predicted octanol–water partition coefficient (Wildman–Crippen LogP) is 4.51. The number of aryl methyl sites for hydroxylation is 2. The number of benzene rings is 2. The summed E-state index contributed by atoms with van der Waals surface area (Å²) in [7, 11) is 6.03. The summed E-state index contributed by atoms with van der Waals surface area (Å²) in [6, 6.07) is 13.7. The van der Waals surface area contributed by atoms with Crippen LogP contribution in [0.15, 0.2) is 55.1 Å². The van der Waals surface area contributed by atoms with Crippen molar-refractivity contribution in [2.75, 3.05) is 57.1 Å². The molecule has 45 heavy (non-hydrogen) atoms. The summed E-state index contributed by atoms with van der Waals surface area (Å²) in [5.74, 6) is 3.72. The quantitative estimate of drug-likeness (QED) is 0.270. The highest BCUT2D eigenvalue weighted by molar-refractivity contribution is 5.90. The normalized spacial score (nSPS) is 16.1. The van der Waals surface area contributed by atoms with Crippen molar-refractivity contribution in [3.05, 3.63) is 60.7 Å². The van der Waals surface area contributed by atoms with E-state index in [0.29, 0.717) is 55.3 Å². The molecule has 1 unspecified atom stereocenters. The van der Waals surface area contributed by atoms with Crippen molar-refractivity contribution in [1.82, 2.24) is 34.3 Å². The van der Waals surface area contributed by atoms with E-state index in [0.717, 1.165) is 52.6 Å². The van der Waals surface area contributed by atoms with Crippen molar-refractivity contribution in [2.45, 2.75) is 25.8 Å². The minimum absolute atomic E-state index is 0.0267. The molecule has 7 rings (SSSR count). The number of carbonyl (C=O) groups excluding carboxylic acids is 1. The monoisotopic (exact) mass is 607 g/mol. The van der Waals surface area contributed by atoms with Gasteiger partial charge in [0.05, 0.1) is 28.9 Å². The summed E-state index contributed by atoms with van der Waals surface area (Å²) >= 11 is 0. The van der Waals surface area contributed by atoms with Gasteiger partial charge < -0.3 is 34.1 Å². The maximum absolute atomic E-state index is 13.0. The van der Waals surface area contributed by atoms with Gasteiger partial charge in [-0.3, -0.25) is 4.79 Å². The third kappa shape index (κ3) is 5.80. The van der Waals surface area contributed by atoms with Crippen molar-refractivity contribution >= 4 is 45.3 Å². The van der Waals surface area contributed by atoms with Crippen molar-refractivity contribution in [1.29, 1.82) is 0 Å². The molecular weight excluding hydrogens is 570 g/mol. The van der Waals surface area contributed by atoms with Gasteiger partial charge in [-0.25, -0.2) is 19.9 Å². The Kier molecular flexibility index (Phi) is 7.58. The van der Waals surface area contributed by atoms with E-state index in [-0.39, 0.29) is 11.9 Å². The van der Waals surface area contributed by atoms with Gasteiger partial charge in [0, 0.05) is 50.9 Å². The number of fused-ring (bicyclic) bond motifs is 6. The summed E-state index contributed by atoms with van der Waals surface area (Å²) in [5, 5.41) is 3.44. The minimum atomic E-state index is -0.0267. The molecule has 5 aromatic rings. The molecule has 0 saturated carbocycles. The van der Waals surface area contributed by atoms with Gasteiger partial charge in [-0.05, 0) is 69.9 Å². The first-order valence-corrected chi connectivity index (χ1v) is 15.3. The first kappa shape index (κ1) is 28.8. The summed E-state index contributed by atoms with van der Waals surface area (Å²) in [5.41, 5.74) is 5.10. The molecule has 2 aromatic carbocycles. The van der Waals surface area contributed by atoms with Crippen molar-refractivity contribution in [2.24, 2.45) is 7.05 Å². The van der Waals surface area contributed by atoms with Crippen molar-refractivity contribution in [3.63, 3.8) is 0 Å². The molecule has 2 aliphatic heterocycles. The van der Waals surface area contributed by atoms with Crippen LogP contribution in [0.1, 0.15) is 18.4 Å². The Balaban J connectivity index is 1.09. The number of imidazole rings is 1. The lowest BCUT2D eigenvalue weighted by atomic mass is 10.1. The first-order chi connectivity index (χ1) is 21.8. The molecule has 0 aliphatic carbocycles. The Bertz CT molecular complexity index is 1890. The molecule has 1 atom stereocenters. The molecule has 2 bridgehead atoms. The highest BCUT2D eigenvalue weighted by Gasteiger charge is 2.35. The highest BCUT2D eigenvalue weighted by Crippen LogP contribution is 2.36. The van der Waals surface area contributed by atoms with Crippen LogP contribution in [0.2, 0.25) is 0 Å². The van der Waals surface area contributed by atoms with Crippen LogP contribution in [0.5, 0.6) is 17.2 Å². The predicted molar refractivity (Wildman–Crippen MR) is 174 cm³/mol. The number of hydrogen-bond acceptors (Lipinski definition) is 10. The number of nitrogens with zero attached hydrogens (tertiary/aromatic N) is 8. The Morgan fingerprint density at radius 3 is 2.82 bits per heavy atom. The molecule has 1 fully saturated rings.